The minimum absolute atomic E-state index is 0.322. The fourth-order valence-corrected chi connectivity index (χ4v) is 2.31. The predicted octanol–water partition coefficient (Wildman–Crippen LogP) is 4.02. The van der Waals surface area contributed by atoms with Crippen molar-refractivity contribution < 1.29 is 13.2 Å². The van der Waals surface area contributed by atoms with Crippen molar-refractivity contribution in [2.75, 3.05) is 7.05 Å². The van der Waals surface area contributed by atoms with Gasteiger partial charge in [0.25, 0.3) is 0 Å². The van der Waals surface area contributed by atoms with Crippen LogP contribution in [0.25, 0.3) is 11.0 Å². The fourth-order valence-electron chi connectivity index (χ4n) is 2.31. The Labute approximate surface area is 115 Å². The van der Waals surface area contributed by atoms with E-state index in [1.165, 1.54) is 6.07 Å². The molecule has 4 heteroatoms. The van der Waals surface area contributed by atoms with Gasteiger partial charge < -0.3 is 9.73 Å². The predicted molar refractivity (Wildman–Crippen MR) is 73.5 cm³/mol. The normalized spacial score (nSPS) is 12.8. The van der Waals surface area contributed by atoms with E-state index in [4.69, 9.17) is 4.42 Å². The van der Waals surface area contributed by atoms with Gasteiger partial charge in [-0.1, -0.05) is 24.3 Å². The lowest BCUT2D eigenvalue weighted by atomic mass is 10.0. The van der Waals surface area contributed by atoms with Gasteiger partial charge in [0.1, 0.15) is 11.3 Å². The van der Waals surface area contributed by atoms with Crippen molar-refractivity contribution in [1.29, 1.82) is 0 Å². The standard InChI is InChI=1S/C16H13F2NO/c1-19-16(11-6-7-12(17)13(18)8-11)15-9-10-4-2-3-5-14(10)20-15/h2-9,16,19H,1H3. The first-order chi connectivity index (χ1) is 9.69. The van der Waals surface area contributed by atoms with E-state index in [2.05, 4.69) is 5.32 Å². The molecule has 0 radical (unpaired) electrons. The molecule has 0 aliphatic rings. The zero-order valence-corrected chi connectivity index (χ0v) is 10.9. The van der Waals surface area contributed by atoms with Crippen LogP contribution in [0.1, 0.15) is 17.4 Å². The lowest BCUT2D eigenvalue weighted by Crippen LogP contribution is -2.17. The second kappa shape index (κ2) is 5.06. The van der Waals surface area contributed by atoms with Crippen molar-refractivity contribution in [1.82, 2.24) is 5.32 Å². The molecule has 102 valence electrons. The van der Waals surface area contributed by atoms with E-state index in [0.29, 0.717) is 11.3 Å². The summed E-state index contributed by atoms with van der Waals surface area (Å²) >= 11 is 0. The molecule has 0 aliphatic heterocycles. The number of para-hydroxylation sites is 1. The summed E-state index contributed by atoms with van der Waals surface area (Å²) in [5.74, 6) is -1.05. The quantitative estimate of drug-likeness (QED) is 0.779. The smallest absolute Gasteiger partial charge is 0.159 e. The lowest BCUT2D eigenvalue weighted by Gasteiger charge is -2.14. The van der Waals surface area contributed by atoms with Gasteiger partial charge in [0, 0.05) is 5.39 Å². The van der Waals surface area contributed by atoms with Crippen molar-refractivity contribution in [3.63, 3.8) is 0 Å². The molecule has 0 saturated carbocycles. The maximum absolute atomic E-state index is 13.4. The molecular weight excluding hydrogens is 260 g/mol. The molecule has 1 N–H and O–H groups in total. The Morgan fingerprint density at radius 3 is 2.50 bits per heavy atom. The van der Waals surface area contributed by atoms with Crippen molar-refractivity contribution >= 4 is 11.0 Å². The first-order valence-electron chi connectivity index (χ1n) is 6.29. The molecule has 1 heterocycles. The molecule has 0 amide bonds. The third-order valence-corrected chi connectivity index (χ3v) is 3.29. The van der Waals surface area contributed by atoms with Crippen molar-refractivity contribution in [2.45, 2.75) is 6.04 Å². The van der Waals surface area contributed by atoms with Gasteiger partial charge in [-0.05, 0) is 36.9 Å². The highest BCUT2D eigenvalue weighted by Gasteiger charge is 2.18. The van der Waals surface area contributed by atoms with Gasteiger partial charge in [0.2, 0.25) is 0 Å². The highest BCUT2D eigenvalue weighted by atomic mass is 19.2. The first-order valence-corrected chi connectivity index (χ1v) is 6.29. The van der Waals surface area contributed by atoms with E-state index in [-0.39, 0.29) is 6.04 Å². The van der Waals surface area contributed by atoms with Gasteiger partial charge in [0.05, 0.1) is 6.04 Å². The number of nitrogens with one attached hydrogen (secondary N) is 1. The van der Waals surface area contributed by atoms with E-state index in [9.17, 15) is 8.78 Å². The molecule has 0 fully saturated rings. The van der Waals surface area contributed by atoms with Crippen LogP contribution in [0.5, 0.6) is 0 Å². The SMILES string of the molecule is CNC(c1ccc(F)c(F)c1)c1cc2ccccc2o1. The molecule has 0 spiro atoms. The summed E-state index contributed by atoms with van der Waals surface area (Å²) in [4.78, 5) is 0. The van der Waals surface area contributed by atoms with Crippen LogP contribution in [0.15, 0.2) is 52.9 Å². The van der Waals surface area contributed by atoms with Gasteiger partial charge in [0.15, 0.2) is 11.6 Å². The average Bonchev–Trinajstić information content (AvgIpc) is 2.87. The third kappa shape index (κ3) is 2.18. The number of furan rings is 1. The van der Waals surface area contributed by atoms with Gasteiger partial charge in [-0.3, -0.25) is 0 Å². The number of benzene rings is 2. The second-order valence-electron chi connectivity index (χ2n) is 4.58. The Hall–Kier alpha value is -2.20. The van der Waals surface area contributed by atoms with Crippen LogP contribution in [0.2, 0.25) is 0 Å². The fraction of sp³-hybridized carbons (Fsp3) is 0.125. The van der Waals surface area contributed by atoms with Crippen LogP contribution in [-0.4, -0.2) is 7.05 Å². The van der Waals surface area contributed by atoms with Gasteiger partial charge in [-0.2, -0.15) is 0 Å². The minimum atomic E-state index is -0.862. The van der Waals surface area contributed by atoms with E-state index < -0.39 is 11.6 Å². The Morgan fingerprint density at radius 1 is 1.00 bits per heavy atom. The van der Waals surface area contributed by atoms with Crippen LogP contribution in [0, 0.1) is 11.6 Å². The van der Waals surface area contributed by atoms with Crippen LogP contribution in [0.3, 0.4) is 0 Å². The van der Waals surface area contributed by atoms with Crippen molar-refractivity contribution in [2.24, 2.45) is 0 Å². The number of hydrogen-bond donors (Lipinski definition) is 1. The summed E-state index contributed by atoms with van der Waals surface area (Å²) in [7, 11) is 1.75. The number of fused-ring (bicyclic) bond motifs is 1. The molecule has 1 unspecified atom stereocenters. The molecule has 2 aromatic carbocycles. The molecule has 1 aromatic heterocycles. The Morgan fingerprint density at radius 2 is 1.80 bits per heavy atom. The maximum atomic E-state index is 13.4. The molecule has 2 nitrogen and oxygen atoms in total. The number of halogens is 2. The molecular formula is C16H13F2NO. The van der Waals surface area contributed by atoms with E-state index in [1.54, 1.807) is 13.1 Å². The second-order valence-corrected chi connectivity index (χ2v) is 4.58. The lowest BCUT2D eigenvalue weighted by molar-refractivity contribution is 0.481. The van der Waals surface area contributed by atoms with Gasteiger partial charge in [-0.25, -0.2) is 8.78 Å². The summed E-state index contributed by atoms with van der Waals surface area (Å²) < 4.78 is 32.1. The zero-order chi connectivity index (χ0) is 14.1. The largest absolute Gasteiger partial charge is 0.459 e. The number of rotatable bonds is 3. The summed E-state index contributed by atoms with van der Waals surface area (Å²) in [6.45, 7) is 0. The van der Waals surface area contributed by atoms with Crippen molar-refractivity contribution in [3.05, 3.63) is 71.5 Å². The van der Waals surface area contributed by atoms with Crippen LogP contribution >= 0.6 is 0 Å². The molecule has 3 aromatic rings. The summed E-state index contributed by atoms with van der Waals surface area (Å²) in [5, 5.41) is 4.04. The number of hydrogen-bond acceptors (Lipinski definition) is 2. The molecule has 0 bridgehead atoms. The van der Waals surface area contributed by atoms with Gasteiger partial charge in [-0.15, -0.1) is 0 Å². The average molecular weight is 273 g/mol. The molecule has 3 rings (SSSR count). The first kappa shape index (κ1) is 12.8. The third-order valence-electron chi connectivity index (χ3n) is 3.29. The maximum Gasteiger partial charge on any atom is 0.159 e. The molecule has 0 saturated heterocycles. The topological polar surface area (TPSA) is 25.2 Å². The Kier molecular flexibility index (Phi) is 3.24. The van der Waals surface area contributed by atoms with Gasteiger partial charge >= 0.3 is 0 Å². The molecule has 1 atom stereocenters. The van der Waals surface area contributed by atoms with E-state index >= 15 is 0 Å². The van der Waals surface area contributed by atoms with E-state index in [0.717, 1.165) is 17.0 Å². The summed E-state index contributed by atoms with van der Waals surface area (Å²) in [5.41, 5.74) is 1.38. The van der Waals surface area contributed by atoms with Crippen LogP contribution < -0.4 is 5.32 Å². The minimum Gasteiger partial charge on any atom is -0.459 e. The molecule has 0 aliphatic carbocycles. The monoisotopic (exact) mass is 273 g/mol. The summed E-state index contributed by atoms with van der Waals surface area (Å²) in [6.07, 6.45) is 0. The zero-order valence-electron chi connectivity index (χ0n) is 10.9. The molecule has 20 heavy (non-hydrogen) atoms. The Balaban J connectivity index is 2.06. The van der Waals surface area contributed by atoms with Crippen LogP contribution in [-0.2, 0) is 0 Å². The van der Waals surface area contributed by atoms with E-state index in [1.807, 2.05) is 30.3 Å². The highest BCUT2D eigenvalue weighted by Crippen LogP contribution is 2.28. The van der Waals surface area contributed by atoms with Crippen molar-refractivity contribution in [3.8, 4) is 0 Å². The van der Waals surface area contributed by atoms with Crippen LogP contribution in [0.4, 0.5) is 8.78 Å². The summed E-state index contributed by atoms with van der Waals surface area (Å²) in [6, 6.07) is 13.1. The Bertz CT molecular complexity index is 718. The highest BCUT2D eigenvalue weighted by molar-refractivity contribution is 5.77.